The smallest absolute Gasteiger partial charge is 0.386 e. The minimum absolute atomic E-state index is 0.0146. The molecule has 4 heterocycles. The zero-order chi connectivity index (χ0) is 21.1. The Bertz CT molecular complexity index is 1010. The van der Waals surface area contributed by atoms with Crippen molar-refractivity contribution in [3.05, 3.63) is 49.1 Å². The molecule has 5 rings (SSSR count). The van der Waals surface area contributed by atoms with Crippen molar-refractivity contribution in [2.24, 2.45) is 0 Å². The van der Waals surface area contributed by atoms with E-state index in [-0.39, 0.29) is 19.0 Å². The molecule has 0 spiro atoms. The number of fused-ring (bicyclic) bond motifs is 2. The van der Waals surface area contributed by atoms with Crippen molar-refractivity contribution in [3.63, 3.8) is 0 Å². The van der Waals surface area contributed by atoms with Gasteiger partial charge in [0, 0.05) is 0 Å². The Labute approximate surface area is 172 Å². The third-order valence-electron chi connectivity index (χ3n) is 4.57. The Hall–Kier alpha value is -2.40. The number of rotatable bonds is 3. The van der Waals surface area contributed by atoms with Crippen molar-refractivity contribution in [2.75, 3.05) is 18.9 Å². The van der Waals surface area contributed by atoms with Gasteiger partial charge in [0.2, 0.25) is 0 Å². The molecule has 30 heavy (non-hydrogen) atoms. The van der Waals surface area contributed by atoms with Gasteiger partial charge in [0.25, 0.3) is 0 Å². The first kappa shape index (κ1) is 20.9. The SMILES string of the molecule is CCOP1(=O)OCC2OC(n3cnc4c(N)ncnc43)C(O)C2O1.c1ccccc1. The van der Waals surface area contributed by atoms with E-state index in [0.717, 1.165) is 0 Å². The van der Waals surface area contributed by atoms with E-state index in [1.807, 2.05) is 36.4 Å². The van der Waals surface area contributed by atoms with Crippen LogP contribution in [0.4, 0.5) is 5.82 Å². The lowest BCUT2D eigenvalue weighted by atomic mass is 10.1. The molecule has 160 valence electrons. The molecule has 12 heteroatoms. The summed E-state index contributed by atoms with van der Waals surface area (Å²) >= 11 is 0. The van der Waals surface area contributed by atoms with E-state index in [1.54, 1.807) is 6.92 Å². The highest BCUT2D eigenvalue weighted by Crippen LogP contribution is 2.56. The molecular formula is C18H22N5O6P. The van der Waals surface area contributed by atoms with E-state index < -0.39 is 32.4 Å². The summed E-state index contributed by atoms with van der Waals surface area (Å²) in [5.41, 5.74) is 6.58. The molecule has 11 nitrogen and oxygen atoms in total. The normalized spacial score (nSPS) is 30.5. The van der Waals surface area contributed by atoms with Crippen LogP contribution in [-0.4, -0.2) is 56.2 Å². The molecule has 0 bridgehead atoms. The number of benzene rings is 1. The van der Waals surface area contributed by atoms with Gasteiger partial charge in [-0.05, 0) is 6.92 Å². The number of nitrogens with two attached hydrogens (primary N) is 1. The van der Waals surface area contributed by atoms with Crippen molar-refractivity contribution in [2.45, 2.75) is 31.5 Å². The lowest BCUT2D eigenvalue weighted by molar-refractivity contribution is -0.0701. The molecule has 2 aliphatic rings. The average molecular weight is 435 g/mol. The summed E-state index contributed by atoms with van der Waals surface area (Å²) in [7, 11) is -3.69. The highest BCUT2D eigenvalue weighted by atomic mass is 31.2. The summed E-state index contributed by atoms with van der Waals surface area (Å²) in [4.78, 5) is 12.1. The van der Waals surface area contributed by atoms with Crippen LogP contribution in [-0.2, 0) is 22.9 Å². The fourth-order valence-corrected chi connectivity index (χ4v) is 4.63. The Balaban J connectivity index is 0.000000313. The van der Waals surface area contributed by atoms with Gasteiger partial charge in [0.15, 0.2) is 17.7 Å². The Morgan fingerprint density at radius 2 is 1.93 bits per heavy atom. The van der Waals surface area contributed by atoms with Crippen molar-refractivity contribution in [1.82, 2.24) is 19.5 Å². The molecule has 3 aromatic rings. The maximum absolute atomic E-state index is 12.3. The second-order valence-corrected chi connectivity index (χ2v) is 8.15. The number of aliphatic hydroxyl groups is 1. The molecule has 5 unspecified atom stereocenters. The van der Waals surface area contributed by atoms with Gasteiger partial charge in [0.1, 0.15) is 30.2 Å². The molecule has 0 aliphatic carbocycles. The summed E-state index contributed by atoms with van der Waals surface area (Å²) in [5, 5.41) is 10.6. The van der Waals surface area contributed by atoms with Gasteiger partial charge >= 0.3 is 7.82 Å². The van der Waals surface area contributed by atoms with Gasteiger partial charge in [-0.25, -0.2) is 19.5 Å². The zero-order valence-corrected chi connectivity index (χ0v) is 17.0. The molecule has 0 radical (unpaired) electrons. The number of hydrogen-bond acceptors (Lipinski definition) is 10. The van der Waals surface area contributed by atoms with Crippen LogP contribution in [0.1, 0.15) is 13.2 Å². The van der Waals surface area contributed by atoms with E-state index >= 15 is 0 Å². The number of aromatic nitrogens is 4. The largest absolute Gasteiger partial charge is 0.475 e. The van der Waals surface area contributed by atoms with E-state index in [0.29, 0.717) is 11.2 Å². The highest BCUT2D eigenvalue weighted by Gasteiger charge is 2.53. The molecule has 3 N–H and O–H groups in total. The van der Waals surface area contributed by atoms with Crippen LogP contribution >= 0.6 is 7.82 Å². The van der Waals surface area contributed by atoms with Gasteiger partial charge in [-0.1, -0.05) is 36.4 Å². The van der Waals surface area contributed by atoms with E-state index in [9.17, 15) is 9.67 Å². The Kier molecular flexibility index (Phi) is 6.09. The van der Waals surface area contributed by atoms with E-state index in [2.05, 4.69) is 15.0 Å². The predicted octanol–water partition coefficient (Wildman–Crippen LogP) is 1.91. The van der Waals surface area contributed by atoms with Gasteiger partial charge < -0.3 is 15.6 Å². The summed E-state index contributed by atoms with van der Waals surface area (Å²) in [6.45, 7) is 1.82. The number of phosphoric acid groups is 1. The summed E-state index contributed by atoms with van der Waals surface area (Å²) < 4.78 is 35.1. The molecular weight excluding hydrogens is 413 g/mol. The monoisotopic (exact) mass is 435 g/mol. The fourth-order valence-electron chi connectivity index (χ4n) is 3.22. The third-order valence-corrected chi connectivity index (χ3v) is 6.11. The number of nitrogens with zero attached hydrogens (tertiary/aromatic N) is 4. The van der Waals surface area contributed by atoms with E-state index in [4.69, 9.17) is 24.0 Å². The van der Waals surface area contributed by atoms with Gasteiger partial charge in [-0.15, -0.1) is 0 Å². The topological polar surface area (TPSA) is 144 Å². The van der Waals surface area contributed by atoms with Crippen molar-refractivity contribution in [1.29, 1.82) is 0 Å². The maximum atomic E-state index is 12.3. The summed E-state index contributed by atoms with van der Waals surface area (Å²) in [6.07, 6.45) is -0.642. The number of phosphoric ester groups is 1. The van der Waals surface area contributed by atoms with Crippen LogP contribution in [0.5, 0.6) is 0 Å². The van der Waals surface area contributed by atoms with Gasteiger partial charge in [0.05, 0.1) is 19.5 Å². The lowest BCUT2D eigenvalue weighted by Crippen LogP contribution is -2.39. The zero-order valence-electron chi connectivity index (χ0n) is 16.1. The average Bonchev–Trinajstić information content (AvgIpc) is 3.32. The maximum Gasteiger partial charge on any atom is 0.475 e. The Morgan fingerprint density at radius 1 is 1.23 bits per heavy atom. The number of hydrogen-bond donors (Lipinski definition) is 2. The van der Waals surface area contributed by atoms with Crippen molar-refractivity contribution in [3.8, 4) is 0 Å². The molecule has 2 aliphatic heterocycles. The summed E-state index contributed by atoms with van der Waals surface area (Å²) in [6, 6.07) is 12.0. The highest BCUT2D eigenvalue weighted by molar-refractivity contribution is 7.48. The Morgan fingerprint density at radius 3 is 2.60 bits per heavy atom. The van der Waals surface area contributed by atoms with Crippen LogP contribution in [0.2, 0.25) is 0 Å². The molecule has 2 aromatic heterocycles. The van der Waals surface area contributed by atoms with Gasteiger partial charge in [-0.2, -0.15) is 0 Å². The predicted molar refractivity (Wildman–Crippen MR) is 106 cm³/mol. The minimum Gasteiger partial charge on any atom is -0.386 e. The number of ether oxygens (including phenoxy) is 1. The van der Waals surface area contributed by atoms with Crippen molar-refractivity contribution < 1.29 is 28.0 Å². The van der Waals surface area contributed by atoms with Crippen molar-refractivity contribution >= 4 is 24.8 Å². The fraction of sp³-hybridized carbons (Fsp3) is 0.389. The third kappa shape index (κ3) is 4.08. The van der Waals surface area contributed by atoms with Crippen LogP contribution < -0.4 is 5.73 Å². The molecule has 1 aromatic carbocycles. The molecule has 0 amide bonds. The van der Waals surface area contributed by atoms with Crippen LogP contribution in [0.25, 0.3) is 11.2 Å². The number of imidazole rings is 1. The van der Waals surface area contributed by atoms with Crippen LogP contribution in [0, 0.1) is 0 Å². The second kappa shape index (κ2) is 8.76. The first-order valence-electron chi connectivity index (χ1n) is 9.36. The minimum atomic E-state index is -3.69. The second-order valence-electron chi connectivity index (χ2n) is 6.52. The molecule has 2 saturated heterocycles. The molecule has 0 saturated carbocycles. The molecule has 5 atom stereocenters. The number of anilines is 1. The lowest BCUT2D eigenvalue weighted by Gasteiger charge is -2.30. The van der Waals surface area contributed by atoms with E-state index in [1.165, 1.54) is 17.2 Å². The van der Waals surface area contributed by atoms with Crippen LogP contribution in [0.15, 0.2) is 49.1 Å². The quantitative estimate of drug-likeness (QED) is 0.585. The van der Waals surface area contributed by atoms with Crippen LogP contribution in [0.3, 0.4) is 0 Å². The number of nitrogen functional groups attached to an aromatic ring is 1. The standard InChI is InChI=1S/C12H16N5O6P.C6H6/c1-2-20-24(19)21-3-6-9(23-24)8(18)12(22-6)17-5-16-7-10(13)14-4-15-11(7)17;1-2-4-6-5-3-1/h4-6,8-9,12,18H,2-3H2,1H3,(H2,13,14,15);1-6H. The first-order chi connectivity index (χ1) is 14.5. The van der Waals surface area contributed by atoms with Gasteiger partial charge in [-0.3, -0.25) is 18.1 Å². The molecule has 2 fully saturated rings. The number of aliphatic hydroxyl groups excluding tert-OH is 1. The first-order valence-corrected chi connectivity index (χ1v) is 10.8. The summed E-state index contributed by atoms with van der Waals surface area (Å²) in [5.74, 6) is 0.226.